The summed E-state index contributed by atoms with van der Waals surface area (Å²) in [5.41, 5.74) is 0.951. The fraction of sp³-hybridized carbons (Fsp3) is 0.412. The van der Waals surface area contributed by atoms with E-state index in [4.69, 9.17) is 9.47 Å². The van der Waals surface area contributed by atoms with E-state index in [0.717, 1.165) is 41.9 Å². The van der Waals surface area contributed by atoms with E-state index < -0.39 is 0 Å². The molecule has 1 N–H and O–H groups in total. The SMILES string of the molecule is Brc1cccc(Nc2nccc(N3CCC4(CC3)OCCO4)n2)c1. The van der Waals surface area contributed by atoms with Gasteiger partial charge in [-0.05, 0) is 24.3 Å². The Morgan fingerprint density at radius 3 is 2.67 bits per heavy atom. The number of rotatable bonds is 3. The maximum Gasteiger partial charge on any atom is 0.229 e. The van der Waals surface area contributed by atoms with Crippen LogP contribution in [0, 0.1) is 0 Å². The molecule has 24 heavy (non-hydrogen) atoms. The molecule has 2 fully saturated rings. The second-order valence-electron chi connectivity index (χ2n) is 5.97. The maximum atomic E-state index is 5.78. The lowest BCUT2D eigenvalue weighted by molar-refractivity contribution is -0.169. The maximum absolute atomic E-state index is 5.78. The van der Waals surface area contributed by atoms with Gasteiger partial charge < -0.3 is 19.7 Å². The Morgan fingerprint density at radius 1 is 1.12 bits per heavy atom. The van der Waals surface area contributed by atoms with E-state index in [1.807, 2.05) is 30.3 Å². The normalized spacial score (nSPS) is 19.6. The van der Waals surface area contributed by atoms with Crippen LogP contribution >= 0.6 is 15.9 Å². The summed E-state index contributed by atoms with van der Waals surface area (Å²) in [6, 6.07) is 9.89. The van der Waals surface area contributed by atoms with Gasteiger partial charge in [-0.1, -0.05) is 22.0 Å². The first-order valence-electron chi connectivity index (χ1n) is 8.11. The highest BCUT2D eigenvalue weighted by molar-refractivity contribution is 9.10. The number of nitrogens with one attached hydrogen (secondary N) is 1. The predicted molar refractivity (Wildman–Crippen MR) is 95.5 cm³/mol. The van der Waals surface area contributed by atoms with Crippen LogP contribution in [0.3, 0.4) is 0 Å². The average Bonchev–Trinajstić information content (AvgIpc) is 3.04. The Balaban J connectivity index is 1.45. The molecule has 2 aliphatic rings. The van der Waals surface area contributed by atoms with Gasteiger partial charge in [0.05, 0.1) is 13.2 Å². The van der Waals surface area contributed by atoms with Gasteiger partial charge in [-0.15, -0.1) is 0 Å². The number of anilines is 3. The molecule has 0 saturated carbocycles. The summed E-state index contributed by atoms with van der Waals surface area (Å²) >= 11 is 3.47. The highest BCUT2D eigenvalue weighted by Crippen LogP contribution is 2.32. The fourth-order valence-electron chi connectivity index (χ4n) is 3.14. The van der Waals surface area contributed by atoms with Gasteiger partial charge in [0.15, 0.2) is 5.79 Å². The Morgan fingerprint density at radius 2 is 1.92 bits per heavy atom. The first kappa shape index (κ1) is 15.8. The van der Waals surface area contributed by atoms with Crippen LogP contribution in [0.2, 0.25) is 0 Å². The second kappa shape index (κ2) is 6.66. The standard InChI is InChI=1S/C17H19BrN4O2/c18-13-2-1-3-14(12-13)20-16-19-7-4-15(21-16)22-8-5-17(6-9-22)23-10-11-24-17/h1-4,7,12H,5-6,8-11H2,(H,19,20,21). The molecule has 0 bridgehead atoms. The third kappa shape index (κ3) is 3.38. The van der Waals surface area contributed by atoms with Crippen LogP contribution < -0.4 is 10.2 Å². The topological polar surface area (TPSA) is 59.5 Å². The van der Waals surface area contributed by atoms with Gasteiger partial charge in [-0.3, -0.25) is 0 Å². The summed E-state index contributed by atoms with van der Waals surface area (Å²) in [6.45, 7) is 3.14. The van der Waals surface area contributed by atoms with Gasteiger partial charge in [0.1, 0.15) is 5.82 Å². The van der Waals surface area contributed by atoms with Crippen LogP contribution in [-0.4, -0.2) is 42.1 Å². The number of piperidine rings is 1. The van der Waals surface area contributed by atoms with Gasteiger partial charge >= 0.3 is 0 Å². The summed E-state index contributed by atoms with van der Waals surface area (Å²) < 4.78 is 12.6. The van der Waals surface area contributed by atoms with E-state index in [9.17, 15) is 0 Å². The first-order valence-corrected chi connectivity index (χ1v) is 8.90. The zero-order valence-electron chi connectivity index (χ0n) is 13.2. The summed E-state index contributed by atoms with van der Waals surface area (Å²) in [5, 5.41) is 3.24. The number of benzene rings is 1. The van der Waals surface area contributed by atoms with Crippen molar-refractivity contribution in [2.24, 2.45) is 0 Å². The van der Waals surface area contributed by atoms with E-state index in [0.29, 0.717) is 19.2 Å². The lowest BCUT2D eigenvalue weighted by atomic mass is 10.0. The summed E-state index contributed by atoms with van der Waals surface area (Å²) in [5.74, 6) is 1.16. The van der Waals surface area contributed by atoms with Crippen molar-refractivity contribution in [3.05, 3.63) is 41.0 Å². The van der Waals surface area contributed by atoms with Crippen molar-refractivity contribution in [2.75, 3.05) is 36.5 Å². The zero-order chi connectivity index (χ0) is 16.4. The molecule has 0 amide bonds. The van der Waals surface area contributed by atoms with Crippen LogP contribution in [0.15, 0.2) is 41.0 Å². The molecule has 0 unspecified atom stereocenters. The molecule has 2 saturated heterocycles. The number of ether oxygens (including phenoxy) is 2. The Hall–Kier alpha value is -1.70. The smallest absolute Gasteiger partial charge is 0.229 e. The average molecular weight is 391 g/mol. The minimum Gasteiger partial charge on any atom is -0.356 e. The number of hydrogen-bond donors (Lipinski definition) is 1. The zero-order valence-corrected chi connectivity index (χ0v) is 14.8. The van der Waals surface area contributed by atoms with Gasteiger partial charge in [0.2, 0.25) is 5.95 Å². The third-order valence-corrected chi connectivity index (χ3v) is 4.88. The van der Waals surface area contributed by atoms with E-state index >= 15 is 0 Å². The second-order valence-corrected chi connectivity index (χ2v) is 6.88. The van der Waals surface area contributed by atoms with Gasteiger partial charge in [-0.2, -0.15) is 4.98 Å². The molecule has 1 aromatic heterocycles. The molecular weight excluding hydrogens is 372 g/mol. The highest BCUT2D eigenvalue weighted by Gasteiger charge is 2.40. The van der Waals surface area contributed by atoms with Crippen LogP contribution in [0.4, 0.5) is 17.5 Å². The van der Waals surface area contributed by atoms with Gasteiger partial charge in [0.25, 0.3) is 0 Å². The highest BCUT2D eigenvalue weighted by atomic mass is 79.9. The number of halogens is 1. The van der Waals surface area contributed by atoms with Gasteiger partial charge in [-0.25, -0.2) is 4.98 Å². The van der Waals surface area contributed by atoms with Crippen molar-refractivity contribution in [3.8, 4) is 0 Å². The van der Waals surface area contributed by atoms with Crippen LogP contribution in [0.1, 0.15) is 12.8 Å². The van der Waals surface area contributed by atoms with E-state index in [1.165, 1.54) is 0 Å². The largest absolute Gasteiger partial charge is 0.356 e. The Labute approximate surface area is 149 Å². The Bertz CT molecular complexity index is 711. The van der Waals surface area contributed by atoms with Crippen LogP contribution in [0.5, 0.6) is 0 Å². The van der Waals surface area contributed by atoms with Crippen LogP contribution in [0.25, 0.3) is 0 Å². The molecule has 3 heterocycles. The molecule has 4 rings (SSSR count). The third-order valence-electron chi connectivity index (χ3n) is 4.38. The molecule has 7 heteroatoms. The molecule has 2 aromatic rings. The lowest BCUT2D eigenvalue weighted by Crippen LogP contribution is -2.45. The molecule has 2 aliphatic heterocycles. The molecule has 0 radical (unpaired) electrons. The number of aromatic nitrogens is 2. The van der Waals surface area contributed by atoms with Crippen molar-refractivity contribution in [1.29, 1.82) is 0 Å². The minimum atomic E-state index is -0.360. The van der Waals surface area contributed by atoms with Crippen molar-refractivity contribution in [3.63, 3.8) is 0 Å². The monoisotopic (exact) mass is 390 g/mol. The molecular formula is C17H19BrN4O2. The molecule has 0 aliphatic carbocycles. The summed E-state index contributed by atoms with van der Waals surface area (Å²) in [6.07, 6.45) is 3.52. The number of hydrogen-bond acceptors (Lipinski definition) is 6. The minimum absolute atomic E-state index is 0.360. The van der Waals surface area contributed by atoms with E-state index in [2.05, 4.69) is 36.1 Å². The number of nitrogens with zero attached hydrogens (tertiary/aromatic N) is 3. The molecule has 126 valence electrons. The van der Waals surface area contributed by atoms with E-state index in [-0.39, 0.29) is 5.79 Å². The summed E-state index contributed by atoms with van der Waals surface area (Å²) in [7, 11) is 0. The van der Waals surface area contributed by atoms with E-state index in [1.54, 1.807) is 6.20 Å². The predicted octanol–water partition coefficient (Wildman–Crippen LogP) is 3.33. The van der Waals surface area contributed by atoms with Gasteiger partial charge in [0, 0.05) is 42.3 Å². The van der Waals surface area contributed by atoms with Crippen molar-refractivity contribution >= 4 is 33.4 Å². The Kier molecular flexibility index (Phi) is 4.39. The van der Waals surface area contributed by atoms with Crippen LogP contribution in [-0.2, 0) is 9.47 Å². The quantitative estimate of drug-likeness (QED) is 0.867. The van der Waals surface area contributed by atoms with Crippen molar-refractivity contribution < 1.29 is 9.47 Å². The van der Waals surface area contributed by atoms with Crippen molar-refractivity contribution in [1.82, 2.24) is 9.97 Å². The summed E-state index contributed by atoms with van der Waals surface area (Å²) in [4.78, 5) is 11.2. The lowest BCUT2D eigenvalue weighted by Gasteiger charge is -2.38. The molecule has 0 atom stereocenters. The first-order chi connectivity index (χ1) is 11.7. The fourth-order valence-corrected chi connectivity index (χ4v) is 3.54. The van der Waals surface area contributed by atoms with Crippen molar-refractivity contribution in [2.45, 2.75) is 18.6 Å². The molecule has 1 aromatic carbocycles. The molecule has 6 nitrogen and oxygen atoms in total. The molecule has 1 spiro atoms.